The number of anilines is 1. The number of hydrogen-bond acceptors (Lipinski definition) is 4. The Bertz CT molecular complexity index is 703. The van der Waals surface area contributed by atoms with Crippen LogP contribution in [0.25, 0.3) is 10.2 Å². The Morgan fingerprint density at radius 2 is 2.08 bits per heavy atom. The van der Waals surface area contributed by atoms with Crippen LogP contribution in [-0.4, -0.2) is 35.6 Å². The van der Waals surface area contributed by atoms with Crippen LogP contribution in [-0.2, 0) is 12.8 Å². The van der Waals surface area contributed by atoms with Gasteiger partial charge in [-0.25, -0.2) is 9.97 Å². The molecule has 0 aromatic carbocycles. The van der Waals surface area contributed by atoms with Crippen LogP contribution in [0.3, 0.4) is 0 Å². The van der Waals surface area contributed by atoms with Crippen LogP contribution >= 0.6 is 11.3 Å². The Hall–Kier alpha value is -1.20. The van der Waals surface area contributed by atoms with Gasteiger partial charge in [0.1, 0.15) is 17.0 Å². The summed E-state index contributed by atoms with van der Waals surface area (Å²) in [5.74, 6) is 1.90. The van der Waals surface area contributed by atoms with Gasteiger partial charge in [-0.15, -0.1) is 11.3 Å². The van der Waals surface area contributed by atoms with E-state index in [2.05, 4.69) is 29.1 Å². The highest BCUT2D eigenvalue weighted by Crippen LogP contribution is 2.39. The highest BCUT2D eigenvalue weighted by atomic mass is 32.1. The Morgan fingerprint density at radius 3 is 2.88 bits per heavy atom. The van der Waals surface area contributed by atoms with Crippen molar-refractivity contribution in [2.24, 2.45) is 5.92 Å². The second-order valence-corrected chi connectivity index (χ2v) is 8.76. The zero-order valence-corrected chi connectivity index (χ0v) is 15.7. The molecule has 3 heterocycles. The average Bonchev–Trinajstić information content (AvgIpc) is 2.95. The first kappa shape index (κ1) is 16.3. The van der Waals surface area contributed by atoms with E-state index < -0.39 is 0 Å². The zero-order valence-electron chi connectivity index (χ0n) is 14.9. The Labute approximate surface area is 148 Å². The molecule has 0 saturated carbocycles. The SMILES string of the molecule is CCC[NH+]1CCC(Nc2ncnc3sc4c(c23)CC[C@H](C)C4)CC1. The van der Waals surface area contributed by atoms with Gasteiger partial charge < -0.3 is 10.2 Å². The second-order valence-electron chi connectivity index (χ2n) is 7.67. The summed E-state index contributed by atoms with van der Waals surface area (Å²) in [6.07, 6.45) is 9.25. The number of fused-ring (bicyclic) bond motifs is 3. The number of nitrogens with one attached hydrogen (secondary N) is 2. The van der Waals surface area contributed by atoms with Gasteiger partial charge in [0.2, 0.25) is 0 Å². The quantitative estimate of drug-likeness (QED) is 0.895. The number of likely N-dealkylation sites (tertiary alicyclic amines) is 1. The van der Waals surface area contributed by atoms with Crippen molar-refractivity contribution in [2.75, 3.05) is 25.0 Å². The first-order chi connectivity index (χ1) is 11.7. The van der Waals surface area contributed by atoms with Crippen LogP contribution in [0.4, 0.5) is 5.82 Å². The molecule has 24 heavy (non-hydrogen) atoms. The summed E-state index contributed by atoms with van der Waals surface area (Å²) in [4.78, 5) is 13.7. The van der Waals surface area contributed by atoms with Gasteiger partial charge >= 0.3 is 0 Å². The lowest BCUT2D eigenvalue weighted by Crippen LogP contribution is -3.13. The number of rotatable bonds is 4. The van der Waals surface area contributed by atoms with Gasteiger partial charge in [0.15, 0.2) is 0 Å². The van der Waals surface area contributed by atoms with Crippen molar-refractivity contribution < 1.29 is 4.90 Å². The number of aryl methyl sites for hydroxylation is 1. The first-order valence-electron chi connectivity index (χ1n) is 9.60. The number of nitrogens with zero attached hydrogens (tertiary/aromatic N) is 2. The van der Waals surface area contributed by atoms with Crippen LogP contribution < -0.4 is 10.2 Å². The lowest BCUT2D eigenvalue weighted by molar-refractivity contribution is -0.905. The molecule has 130 valence electrons. The minimum atomic E-state index is 0.571. The monoisotopic (exact) mass is 345 g/mol. The van der Waals surface area contributed by atoms with Gasteiger partial charge in [0.25, 0.3) is 0 Å². The topological polar surface area (TPSA) is 42.2 Å². The lowest BCUT2D eigenvalue weighted by atomic mass is 9.89. The van der Waals surface area contributed by atoms with E-state index >= 15 is 0 Å². The third-order valence-electron chi connectivity index (χ3n) is 5.73. The fourth-order valence-corrected chi connectivity index (χ4v) is 5.70. The summed E-state index contributed by atoms with van der Waals surface area (Å²) in [7, 11) is 0. The minimum Gasteiger partial charge on any atom is -0.366 e. The molecule has 2 aliphatic rings. The van der Waals surface area contributed by atoms with Crippen LogP contribution in [0.1, 0.15) is 50.0 Å². The maximum atomic E-state index is 4.63. The Morgan fingerprint density at radius 1 is 1.25 bits per heavy atom. The molecule has 1 fully saturated rings. The van der Waals surface area contributed by atoms with E-state index in [-0.39, 0.29) is 0 Å². The highest BCUT2D eigenvalue weighted by Gasteiger charge is 2.26. The Balaban J connectivity index is 1.55. The molecule has 2 aromatic rings. The molecule has 2 aromatic heterocycles. The Kier molecular flexibility index (Phi) is 4.72. The third kappa shape index (κ3) is 3.16. The molecule has 1 aliphatic heterocycles. The number of hydrogen-bond donors (Lipinski definition) is 2. The van der Waals surface area contributed by atoms with Crippen molar-refractivity contribution >= 4 is 27.4 Å². The molecule has 1 aliphatic carbocycles. The van der Waals surface area contributed by atoms with Gasteiger partial charge in [-0.2, -0.15) is 0 Å². The summed E-state index contributed by atoms with van der Waals surface area (Å²) in [5, 5.41) is 5.10. The van der Waals surface area contributed by atoms with E-state index in [1.54, 1.807) is 16.1 Å². The normalized spacial score (nSPS) is 27.2. The molecule has 0 unspecified atom stereocenters. The lowest BCUT2D eigenvalue weighted by Gasteiger charge is -2.30. The standard InChI is InChI=1S/C19H28N4S/c1-3-8-23-9-6-14(7-10-23)22-18-17-15-5-4-13(2)11-16(15)24-19(17)21-12-20-18/h12-14H,3-11H2,1-2H3,(H,20,21,22)/p+1/t13-/m0/s1. The fraction of sp³-hybridized carbons (Fsp3) is 0.684. The molecule has 1 saturated heterocycles. The van der Waals surface area contributed by atoms with Crippen molar-refractivity contribution in [1.82, 2.24) is 9.97 Å². The van der Waals surface area contributed by atoms with Crippen LogP contribution in [0, 0.1) is 5.92 Å². The molecule has 4 rings (SSSR count). The van der Waals surface area contributed by atoms with E-state index in [9.17, 15) is 0 Å². The van der Waals surface area contributed by atoms with E-state index in [1.165, 1.54) is 73.9 Å². The maximum absolute atomic E-state index is 4.63. The molecular formula is C19H29N4S+. The van der Waals surface area contributed by atoms with Gasteiger partial charge in [-0.05, 0) is 37.2 Å². The van der Waals surface area contributed by atoms with Crippen molar-refractivity contribution in [3.05, 3.63) is 16.8 Å². The molecule has 0 bridgehead atoms. The predicted molar refractivity (Wildman–Crippen MR) is 101 cm³/mol. The molecule has 0 spiro atoms. The molecule has 4 nitrogen and oxygen atoms in total. The van der Waals surface area contributed by atoms with Crippen molar-refractivity contribution in [1.29, 1.82) is 0 Å². The summed E-state index contributed by atoms with van der Waals surface area (Å²) in [5.41, 5.74) is 1.53. The van der Waals surface area contributed by atoms with Crippen molar-refractivity contribution in [2.45, 2.75) is 58.4 Å². The van der Waals surface area contributed by atoms with Crippen LogP contribution in [0.5, 0.6) is 0 Å². The zero-order chi connectivity index (χ0) is 16.5. The van der Waals surface area contributed by atoms with Gasteiger partial charge in [-0.1, -0.05) is 13.8 Å². The van der Waals surface area contributed by atoms with Gasteiger partial charge in [0.05, 0.1) is 25.0 Å². The number of thiophene rings is 1. The summed E-state index contributed by atoms with van der Waals surface area (Å²) in [6.45, 7) is 8.55. The highest BCUT2D eigenvalue weighted by molar-refractivity contribution is 7.19. The second kappa shape index (κ2) is 6.96. The molecule has 1 atom stereocenters. The molecule has 2 N–H and O–H groups in total. The average molecular weight is 346 g/mol. The predicted octanol–water partition coefficient (Wildman–Crippen LogP) is 2.69. The summed E-state index contributed by atoms with van der Waals surface area (Å²) >= 11 is 1.89. The van der Waals surface area contributed by atoms with Gasteiger partial charge in [-0.3, -0.25) is 0 Å². The molecule has 5 heteroatoms. The molecule has 0 amide bonds. The van der Waals surface area contributed by atoms with E-state index in [4.69, 9.17) is 0 Å². The molecular weight excluding hydrogens is 316 g/mol. The molecule has 0 radical (unpaired) electrons. The van der Waals surface area contributed by atoms with E-state index in [1.807, 2.05) is 11.3 Å². The smallest absolute Gasteiger partial charge is 0.138 e. The van der Waals surface area contributed by atoms with Crippen LogP contribution in [0.2, 0.25) is 0 Å². The number of piperidine rings is 1. The van der Waals surface area contributed by atoms with E-state index in [0.717, 1.165) is 11.7 Å². The van der Waals surface area contributed by atoms with Crippen molar-refractivity contribution in [3.63, 3.8) is 0 Å². The minimum absolute atomic E-state index is 0.571. The number of quaternary nitrogens is 1. The first-order valence-corrected chi connectivity index (χ1v) is 10.4. The maximum Gasteiger partial charge on any atom is 0.138 e. The number of aromatic nitrogens is 2. The van der Waals surface area contributed by atoms with E-state index in [0.29, 0.717) is 6.04 Å². The largest absolute Gasteiger partial charge is 0.366 e. The fourth-order valence-electron chi connectivity index (χ4n) is 4.35. The van der Waals surface area contributed by atoms with Crippen molar-refractivity contribution in [3.8, 4) is 0 Å². The summed E-state index contributed by atoms with van der Waals surface area (Å²) in [6, 6.07) is 0.571. The van der Waals surface area contributed by atoms with Crippen LogP contribution in [0.15, 0.2) is 6.33 Å². The van der Waals surface area contributed by atoms with Gasteiger partial charge in [0, 0.05) is 23.8 Å². The third-order valence-corrected chi connectivity index (χ3v) is 6.89. The summed E-state index contributed by atoms with van der Waals surface area (Å²) < 4.78 is 0.